The largest absolute Gasteiger partial charge is 0.454 e. The molecule has 1 aliphatic rings. The minimum absolute atomic E-state index is 0.164. The Hall–Kier alpha value is -2.17. The van der Waals surface area contributed by atoms with Crippen molar-refractivity contribution in [1.82, 2.24) is 5.32 Å². The van der Waals surface area contributed by atoms with E-state index < -0.39 is 0 Å². The fourth-order valence-electron chi connectivity index (χ4n) is 1.60. The van der Waals surface area contributed by atoms with Gasteiger partial charge in [0.25, 0.3) is 5.91 Å². The maximum absolute atomic E-state index is 11.9. The van der Waals surface area contributed by atoms with Crippen molar-refractivity contribution in [1.29, 1.82) is 0 Å². The molecule has 0 saturated carbocycles. The monoisotopic (exact) mass is 248 g/mol. The van der Waals surface area contributed by atoms with Crippen molar-refractivity contribution in [2.45, 2.75) is 13.8 Å². The number of anilines is 1. The first-order valence-corrected chi connectivity index (χ1v) is 5.68. The molecule has 18 heavy (non-hydrogen) atoms. The zero-order chi connectivity index (χ0) is 13.1. The molecule has 0 saturated heterocycles. The molecule has 1 aromatic rings. The van der Waals surface area contributed by atoms with Crippen LogP contribution < -0.4 is 20.5 Å². The minimum atomic E-state index is -0.219. The molecule has 0 spiro atoms. The number of ether oxygens (including phenoxy) is 2. The Bertz CT molecular complexity index is 505. The van der Waals surface area contributed by atoms with Crippen LogP contribution in [0, 0.1) is 0 Å². The second-order valence-electron chi connectivity index (χ2n) is 4.28. The predicted molar refractivity (Wildman–Crippen MR) is 68.7 cm³/mol. The highest BCUT2D eigenvalue weighted by Crippen LogP contribution is 2.35. The minimum Gasteiger partial charge on any atom is -0.454 e. The standard InChI is InChI=1S/C13H16N2O3/c1-8(2)3-4-15-13(16)9-5-11-12(6-10(9)14)18-7-17-11/h3,5-6H,4,7,14H2,1-2H3,(H,15,16). The number of carbonyl (C=O) groups is 1. The summed E-state index contributed by atoms with van der Waals surface area (Å²) in [4.78, 5) is 11.9. The van der Waals surface area contributed by atoms with Gasteiger partial charge >= 0.3 is 0 Å². The van der Waals surface area contributed by atoms with E-state index in [-0.39, 0.29) is 12.7 Å². The molecule has 2 rings (SSSR count). The van der Waals surface area contributed by atoms with Crippen molar-refractivity contribution in [3.63, 3.8) is 0 Å². The molecule has 3 N–H and O–H groups in total. The molecule has 5 heteroatoms. The first-order valence-electron chi connectivity index (χ1n) is 5.68. The second kappa shape index (κ2) is 5.00. The average molecular weight is 248 g/mol. The van der Waals surface area contributed by atoms with Gasteiger partial charge in [-0.05, 0) is 19.9 Å². The molecule has 0 aliphatic carbocycles. The Kier molecular flexibility index (Phi) is 3.41. The van der Waals surface area contributed by atoms with Crippen molar-refractivity contribution in [2.75, 3.05) is 19.1 Å². The third kappa shape index (κ3) is 2.56. The Morgan fingerprint density at radius 2 is 2.06 bits per heavy atom. The fourth-order valence-corrected chi connectivity index (χ4v) is 1.60. The first kappa shape index (κ1) is 12.3. The molecule has 0 bridgehead atoms. The van der Waals surface area contributed by atoms with Crippen LogP contribution >= 0.6 is 0 Å². The van der Waals surface area contributed by atoms with Crippen LogP contribution in [0.1, 0.15) is 24.2 Å². The average Bonchev–Trinajstić information content (AvgIpc) is 2.74. The van der Waals surface area contributed by atoms with Crippen molar-refractivity contribution < 1.29 is 14.3 Å². The molecule has 96 valence electrons. The molecule has 0 atom stereocenters. The van der Waals surface area contributed by atoms with Crippen LogP contribution in [0.4, 0.5) is 5.69 Å². The summed E-state index contributed by atoms with van der Waals surface area (Å²) in [6.45, 7) is 4.59. The van der Waals surface area contributed by atoms with E-state index in [1.54, 1.807) is 12.1 Å². The van der Waals surface area contributed by atoms with E-state index in [0.29, 0.717) is 29.3 Å². The lowest BCUT2D eigenvalue weighted by Gasteiger charge is -2.07. The molecular formula is C13H16N2O3. The van der Waals surface area contributed by atoms with Crippen LogP contribution in [0.15, 0.2) is 23.8 Å². The molecule has 0 fully saturated rings. The number of allylic oxidation sites excluding steroid dienone is 1. The number of nitrogen functional groups attached to an aromatic ring is 1. The van der Waals surface area contributed by atoms with Crippen LogP contribution in [0.3, 0.4) is 0 Å². The Balaban J connectivity index is 2.13. The van der Waals surface area contributed by atoms with Crippen molar-refractivity contribution >= 4 is 11.6 Å². The topological polar surface area (TPSA) is 73.6 Å². The summed E-state index contributed by atoms with van der Waals surface area (Å²) in [6.07, 6.45) is 1.93. The lowest BCUT2D eigenvalue weighted by atomic mass is 10.1. The van der Waals surface area contributed by atoms with E-state index in [1.165, 1.54) is 0 Å². The molecule has 1 aliphatic heterocycles. The SMILES string of the molecule is CC(C)=CCNC(=O)c1cc2c(cc1N)OCO2. The van der Waals surface area contributed by atoms with Gasteiger partial charge in [-0.1, -0.05) is 11.6 Å². The van der Waals surface area contributed by atoms with Gasteiger partial charge in [0.15, 0.2) is 11.5 Å². The molecule has 0 aromatic heterocycles. The van der Waals surface area contributed by atoms with Gasteiger partial charge in [0, 0.05) is 18.3 Å². The summed E-state index contributed by atoms with van der Waals surface area (Å²) in [5.41, 5.74) is 7.75. The number of benzene rings is 1. The van der Waals surface area contributed by atoms with E-state index in [0.717, 1.165) is 5.57 Å². The van der Waals surface area contributed by atoms with E-state index in [9.17, 15) is 4.79 Å². The zero-order valence-electron chi connectivity index (χ0n) is 10.4. The number of carbonyl (C=O) groups excluding carboxylic acids is 1. The van der Waals surface area contributed by atoms with E-state index in [1.807, 2.05) is 19.9 Å². The lowest BCUT2D eigenvalue weighted by Crippen LogP contribution is -2.24. The Morgan fingerprint density at radius 1 is 1.39 bits per heavy atom. The molecule has 0 radical (unpaired) electrons. The van der Waals surface area contributed by atoms with Crippen LogP contribution in [-0.4, -0.2) is 19.2 Å². The molecular weight excluding hydrogens is 232 g/mol. The third-order valence-electron chi connectivity index (χ3n) is 2.56. The van der Waals surface area contributed by atoms with Crippen molar-refractivity contribution in [2.24, 2.45) is 0 Å². The summed E-state index contributed by atoms with van der Waals surface area (Å²) in [5.74, 6) is 0.910. The van der Waals surface area contributed by atoms with E-state index in [2.05, 4.69) is 5.32 Å². The normalized spacial score (nSPS) is 12.1. The van der Waals surface area contributed by atoms with Crippen LogP contribution in [-0.2, 0) is 0 Å². The summed E-state index contributed by atoms with van der Waals surface area (Å²) < 4.78 is 10.4. The highest BCUT2D eigenvalue weighted by atomic mass is 16.7. The number of hydrogen-bond donors (Lipinski definition) is 2. The summed E-state index contributed by atoms with van der Waals surface area (Å²) in [7, 11) is 0. The smallest absolute Gasteiger partial charge is 0.253 e. The number of nitrogens with one attached hydrogen (secondary N) is 1. The number of amides is 1. The van der Waals surface area contributed by atoms with Gasteiger partial charge in [-0.2, -0.15) is 0 Å². The highest BCUT2D eigenvalue weighted by Gasteiger charge is 2.19. The van der Waals surface area contributed by atoms with Crippen LogP contribution in [0.2, 0.25) is 0 Å². The Morgan fingerprint density at radius 3 is 2.72 bits per heavy atom. The van der Waals surface area contributed by atoms with Gasteiger partial charge < -0.3 is 20.5 Å². The number of nitrogens with two attached hydrogens (primary N) is 1. The summed E-state index contributed by atoms with van der Waals surface area (Å²) in [5, 5.41) is 2.77. The van der Waals surface area contributed by atoms with Crippen LogP contribution in [0.25, 0.3) is 0 Å². The molecule has 5 nitrogen and oxygen atoms in total. The van der Waals surface area contributed by atoms with E-state index in [4.69, 9.17) is 15.2 Å². The highest BCUT2D eigenvalue weighted by molar-refractivity contribution is 6.00. The van der Waals surface area contributed by atoms with Gasteiger partial charge in [-0.15, -0.1) is 0 Å². The Labute approximate surface area is 106 Å². The van der Waals surface area contributed by atoms with Gasteiger partial charge in [-0.3, -0.25) is 4.79 Å². The van der Waals surface area contributed by atoms with Gasteiger partial charge in [0.2, 0.25) is 6.79 Å². The number of fused-ring (bicyclic) bond motifs is 1. The van der Waals surface area contributed by atoms with Crippen LogP contribution in [0.5, 0.6) is 11.5 Å². The van der Waals surface area contributed by atoms with Crippen molar-refractivity contribution in [3.05, 3.63) is 29.3 Å². The molecule has 0 unspecified atom stereocenters. The summed E-state index contributed by atoms with van der Waals surface area (Å²) in [6, 6.07) is 3.22. The van der Waals surface area contributed by atoms with Gasteiger partial charge in [-0.25, -0.2) is 0 Å². The van der Waals surface area contributed by atoms with Gasteiger partial charge in [0.1, 0.15) is 0 Å². The first-order chi connectivity index (χ1) is 8.58. The predicted octanol–water partition coefficient (Wildman–Crippen LogP) is 1.69. The number of hydrogen-bond acceptors (Lipinski definition) is 4. The maximum atomic E-state index is 11.9. The summed E-state index contributed by atoms with van der Waals surface area (Å²) >= 11 is 0. The fraction of sp³-hybridized carbons (Fsp3) is 0.308. The number of rotatable bonds is 3. The molecule has 1 amide bonds. The molecule has 1 heterocycles. The molecule has 1 aromatic carbocycles. The van der Waals surface area contributed by atoms with Gasteiger partial charge in [0.05, 0.1) is 5.56 Å². The van der Waals surface area contributed by atoms with Crippen molar-refractivity contribution in [3.8, 4) is 11.5 Å². The third-order valence-corrected chi connectivity index (χ3v) is 2.56. The zero-order valence-corrected chi connectivity index (χ0v) is 10.4. The second-order valence-corrected chi connectivity index (χ2v) is 4.28. The quantitative estimate of drug-likeness (QED) is 0.630. The lowest BCUT2D eigenvalue weighted by molar-refractivity contribution is 0.0958. The maximum Gasteiger partial charge on any atom is 0.253 e. The van der Waals surface area contributed by atoms with E-state index >= 15 is 0 Å².